The van der Waals surface area contributed by atoms with Crippen molar-refractivity contribution in [1.29, 1.82) is 0 Å². The van der Waals surface area contributed by atoms with Crippen LogP contribution in [0.1, 0.15) is 40.0 Å². The van der Waals surface area contributed by atoms with Crippen LogP contribution in [0.25, 0.3) is 0 Å². The lowest BCUT2D eigenvalue weighted by atomic mass is 10.1. The number of rotatable bonds is 4. The number of hydrogen-bond acceptors (Lipinski definition) is 0. The minimum absolute atomic E-state index is 0.288. The second-order valence-corrected chi connectivity index (χ2v) is 6.75. The molecule has 1 unspecified atom stereocenters. The van der Waals surface area contributed by atoms with E-state index in [1.54, 1.807) is 0 Å². The smallest absolute Gasteiger partial charge is 0.0212 e. The van der Waals surface area contributed by atoms with Crippen LogP contribution in [0.3, 0.4) is 0 Å². The normalized spacial score (nSPS) is 15.3. The highest BCUT2D eigenvalue weighted by atomic mass is 79.9. The van der Waals surface area contributed by atoms with E-state index < -0.39 is 0 Å². The zero-order chi connectivity index (χ0) is 8.20. The standard InChI is InChI=1S/C8H16Br2/c1-4-5-7(9)6-8(2,3)10/h7H,4-6H2,1-3H3. The lowest BCUT2D eigenvalue weighted by molar-refractivity contribution is 0.601. The molecule has 0 fully saturated rings. The van der Waals surface area contributed by atoms with Crippen LogP contribution < -0.4 is 0 Å². The predicted molar refractivity (Wildman–Crippen MR) is 55.2 cm³/mol. The molecule has 0 saturated heterocycles. The molecule has 0 rings (SSSR count). The van der Waals surface area contributed by atoms with Crippen LogP contribution in [0.5, 0.6) is 0 Å². The Hall–Kier alpha value is 0.960. The van der Waals surface area contributed by atoms with Gasteiger partial charge in [-0.25, -0.2) is 0 Å². The molecule has 2 heteroatoms. The largest absolute Gasteiger partial charge is 0.0890 e. The molecule has 0 aromatic rings. The van der Waals surface area contributed by atoms with Crippen molar-refractivity contribution >= 4 is 31.9 Å². The molecule has 0 aromatic carbocycles. The van der Waals surface area contributed by atoms with Crippen molar-refractivity contribution in [2.24, 2.45) is 0 Å². The molecule has 0 aliphatic heterocycles. The van der Waals surface area contributed by atoms with Crippen molar-refractivity contribution in [2.75, 3.05) is 0 Å². The first-order valence-corrected chi connectivity index (χ1v) is 5.49. The third kappa shape index (κ3) is 7.07. The van der Waals surface area contributed by atoms with Gasteiger partial charge >= 0.3 is 0 Å². The van der Waals surface area contributed by atoms with Gasteiger partial charge in [-0.1, -0.05) is 59.1 Å². The molecule has 0 aliphatic carbocycles. The molecule has 62 valence electrons. The van der Waals surface area contributed by atoms with E-state index in [1.165, 1.54) is 19.3 Å². The first-order valence-electron chi connectivity index (χ1n) is 3.78. The molecule has 1 atom stereocenters. The Kier molecular flexibility index (Phi) is 5.22. The molecule has 0 bridgehead atoms. The van der Waals surface area contributed by atoms with Crippen molar-refractivity contribution in [3.8, 4) is 0 Å². The van der Waals surface area contributed by atoms with Gasteiger partial charge in [0.25, 0.3) is 0 Å². The average Bonchev–Trinajstić information content (AvgIpc) is 1.59. The maximum absolute atomic E-state index is 3.64. The minimum atomic E-state index is 0.288. The van der Waals surface area contributed by atoms with Crippen LogP contribution >= 0.6 is 31.9 Å². The highest BCUT2D eigenvalue weighted by Gasteiger charge is 2.17. The van der Waals surface area contributed by atoms with Gasteiger partial charge in [-0.2, -0.15) is 0 Å². The van der Waals surface area contributed by atoms with Gasteiger partial charge in [0, 0.05) is 9.15 Å². The molecular formula is C8H16Br2. The summed E-state index contributed by atoms with van der Waals surface area (Å²) in [4.78, 5) is 0.673. The first-order chi connectivity index (χ1) is 4.45. The fourth-order valence-corrected chi connectivity index (χ4v) is 3.03. The summed E-state index contributed by atoms with van der Waals surface area (Å²) in [6, 6.07) is 0. The summed E-state index contributed by atoms with van der Waals surface area (Å²) in [5, 5.41) is 0. The van der Waals surface area contributed by atoms with Crippen LogP contribution in [0.4, 0.5) is 0 Å². The Morgan fingerprint density at radius 1 is 1.40 bits per heavy atom. The van der Waals surface area contributed by atoms with E-state index in [0.29, 0.717) is 4.83 Å². The van der Waals surface area contributed by atoms with Crippen LogP contribution in [0.15, 0.2) is 0 Å². The van der Waals surface area contributed by atoms with E-state index in [4.69, 9.17) is 0 Å². The van der Waals surface area contributed by atoms with Crippen LogP contribution in [-0.2, 0) is 0 Å². The quantitative estimate of drug-likeness (QED) is 0.675. The van der Waals surface area contributed by atoms with E-state index in [1.807, 2.05) is 0 Å². The third-order valence-corrected chi connectivity index (χ3v) is 2.41. The number of hydrogen-bond donors (Lipinski definition) is 0. The molecule has 0 aliphatic rings. The Morgan fingerprint density at radius 2 is 1.90 bits per heavy atom. The van der Waals surface area contributed by atoms with E-state index in [2.05, 4.69) is 52.6 Å². The second-order valence-electron chi connectivity index (χ2n) is 3.31. The van der Waals surface area contributed by atoms with Gasteiger partial charge in [0.1, 0.15) is 0 Å². The summed E-state index contributed by atoms with van der Waals surface area (Å²) < 4.78 is 0.288. The molecule has 0 aromatic heterocycles. The van der Waals surface area contributed by atoms with Gasteiger partial charge in [0.15, 0.2) is 0 Å². The van der Waals surface area contributed by atoms with Gasteiger partial charge in [0.05, 0.1) is 0 Å². The molecule has 0 heterocycles. The maximum Gasteiger partial charge on any atom is 0.0212 e. The van der Waals surface area contributed by atoms with Crippen LogP contribution in [0.2, 0.25) is 0 Å². The summed E-state index contributed by atoms with van der Waals surface area (Å²) in [5.74, 6) is 0. The maximum atomic E-state index is 3.64. The zero-order valence-electron chi connectivity index (χ0n) is 6.95. The van der Waals surface area contributed by atoms with Crippen molar-refractivity contribution in [1.82, 2.24) is 0 Å². The molecule has 0 amide bonds. The highest BCUT2D eigenvalue weighted by molar-refractivity contribution is 9.10. The molecular weight excluding hydrogens is 256 g/mol. The first kappa shape index (κ1) is 11.0. The minimum Gasteiger partial charge on any atom is -0.0890 e. The summed E-state index contributed by atoms with van der Waals surface area (Å²) in [6.07, 6.45) is 3.73. The van der Waals surface area contributed by atoms with Crippen molar-refractivity contribution in [3.63, 3.8) is 0 Å². The van der Waals surface area contributed by atoms with E-state index in [0.717, 1.165) is 0 Å². The Bertz CT molecular complexity index is 83.7. The van der Waals surface area contributed by atoms with E-state index in [-0.39, 0.29) is 4.32 Å². The molecule has 10 heavy (non-hydrogen) atoms. The molecule has 0 spiro atoms. The Labute approximate surface area is 81.0 Å². The van der Waals surface area contributed by atoms with Crippen LogP contribution in [0, 0.1) is 0 Å². The zero-order valence-corrected chi connectivity index (χ0v) is 10.1. The lowest BCUT2D eigenvalue weighted by Gasteiger charge is -2.19. The number of halogens is 2. The Morgan fingerprint density at radius 3 is 2.20 bits per heavy atom. The number of alkyl halides is 2. The molecule has 0 N–H and O–H groups in total. The van der Waals surface area contributed by atoms with Gasteiger partial charge in [-0.05, 0) is 12.8 Å². The predicted octanol–water partition coefficient (Wildman–Crippen LogP) is 4.11. The van der Waals surface area contributed by atoms with Crippen LogP contribution in [-0.4, -0.2) is 9.15 Å². The van der Waals surface area contributed by atoms with Gasteiger partial charge in [0.2, 0.25) is 0 Å². The summed E-state index contributed by atoms with van der Waals surface area (Å²) in [7, 11) is 0. The molecule has 0 nitrogen and oxygen atoms in total. The van der Waals surface area contributed by atoms with E-state index >= 15 is 0 Å². The SMILES string of the molecule is CCCC(Br)CC(C)(C)Br. The van der Waals surface area contributed by atoms with Gasteiger partial charge < -0.3 is 0 Å². The molecule has 0 saturated carbocycles. The van der Waals surface area contributed by atoms with Crippen molar-refractivity contribution in [2.45, 2.75) is 49.2 Å². The summed E-state index contributed by atoms with van der Waals surface area (Å²) in [6.45, 7) is 6.63. The molecule has 0 radical (unpaired) electrons. The van der Waals surface area contributed by atoms with Gasteiger partial charge in [-0.3, -0.25) is 0 Å². The summed E-state index contributed by atoms with van der Waals surface area (Å²) >= 11 is 7.26. The average molecular weight is 272 g/mol. The fraction of sp³-hybridized carbons (Fsp3) is 1.00. The highest BCUT2D eigenvalue weighted by Crippen LogP contribution is 2.27. The summed E-state index contributed by atoms with van der Waals surface area (Å²) in [5.41, 5.74) is 0. The van der Waals surface area contributed by atoms with Crippen molar-refractivity contribution < 1.29 is 0 Å². The fourth-order valence-electron chi connectivity index (χ4n) is 0.942. The van der Waals surface area contributed by atoms with E-state index in [9.17, 15) is 0 Å². The topological polar surface area (TPSA) is 0 Å². The monoisotopic (exact) mass is 270 g/mol. The third-order valence-electron chi connectivity index (χ3n) is 1.31. The second kappa shape index (κ2) is 4.76. The van der Waals surface area contributed by atoms with Crippen molar-refractivity contribution in [3.05, 3.63) is 0 Å². The lowest BCUT2D eigenvalue weighted by Crippen LogP contribution is -2.15. The van der Waals surface area contributed by atoms with Gasteiger partial charge in [-0.15, -0.1) is 0 Å². The Balaban J connectivity index is 3.47.